The van der Waals surface area contributed by atoms with Crippen LogP contribution in [-0.2, 0) is 9.84 Å². The third kappa shape index (κ3) is 3.17. The molecule has 0 N–H and O–H groups in total. The van der Waals surface area contributed by atoms with Crippen molar-refractivity contribution < 1.29 is 21.6 Å². The molecule has 1 unspecified atom stereocenters. The highest BCUT2D eigenvalue weighted by Gasteiger charge is 2.39. The van der Waals surface area contributed by atoms with Crippen LogP contribution >= 0.6 is 0 Å². The minimum Gasteiger partial charge on any atom is -0.264 e. The van der Waals surface area contributed by atoms with Gasteiger partial charge in [0.25, 0.3) is 0 Å². The van der Waals surface area contributed by atoms with Crippen molar-refractivity contribution in [2.24, 2.45) is 5.92 Å². The van der Waals surface area contributed by atoms with Crippen LogP contribution in [0.15, 0.2) is 30.6 Å². The van der Waals surface area contributed by atoms with Gasteiger partial charge in [0.15, 0.2) is 21.5 Å². The Bertz CT molecular complexity index is 879. The summed E-state index contributed by atoms with van der Waals surface area (Å²) in [6, 6.07) is 2.96. The molecule has 1 aromatic carbocycles. The van der Waals surface area contributed by atoms with Crippen molar-refractivity contribution in [2.75, 3.05) is 5.75 Å². The molecule has 1 aromatic heterocycles. The summed E-state index contributed by atoms with van der Waals surface area (Å²) in [6.45, 7) is 1.63. The van der Waals surface area contributed by atoms with E-state index in [1.165, 1.54) is 12.4 Å². The number of rotatable bonds is 5. The van der Waals surface area contributed by atoms with Gasteiger partial charge >= 0.3 is 0 Å². The second kappa shape index (κ2) is 6.20. The Balaban J connectivity index is 2.24. The maximum absolute atomic E-state index is 14.3. The lowest BCUT2D eigenvalue weighted by Crippen LogP contribution is -2.23. The van der Waals surface area contributed by atoms with Gasteiger partial charge in [-0.05, 0) is 55.0 Å². The van der Waals surface area contributed by atoms with E-state index in [1.54, 1.807) is 13.0 Å². The van der Waals surface area contributed by atoms with E-state index < -0.39 is 38.1 Å². The van der Waals surface area contributed by atoms with Gasteiger partial charge in [-0.25, -0.2) is 21.6 Å². The zero-order chi connectivity index (χ0) is 17.5. The van der Waals surface area contributed by atoms with E-state index in [1.807, 2.05) is 0 Å². The SMILES string of the molecule is Cc1ccncc1C(c1c(F)ccc(F)c1F)S(=O)(=O)CC1CC1. The van der Waals surface area contributed by atoms with Crippen molar-refractivity contribution in [2.45, 2.75) is 25.0 Å². The van der Waals surface area contributed by atoms with E-state index in [-0.39, 0.29) is 17.2 Å². The van der Waals surface area contributed by atoms with Crippen molar-refractivity contribution in [3.05, 3.63) is 64.7 Å². The van der Waals surface area contributed by atoms with Gasteiger partial charge in [0, 0.05) is 18.0 Å². The molecule has 7 heteroatoms. The molecule has 0 bridgehead atoms. The molecule has 24 heavy (non-hydrogen) atoms. The largest absolute Gasteiger partial charge is 0.264 e. The van der Waals surface area contributed by atoms with Crippen molar-refractivity contribution in [1.29, 1.82) is 0 Å². The number of aromatic nitrogens is 1. The summed E-state index contributed by atoms with van der Waals surface area (Å²) < 4.78 is 68.0. The van der Waals surface area contributed by atoms with Gasteiger partial charge in [-0.3, -0.25) is 4.98 Å². The number of benzene rings is 1. The zero-order valence-electron chi connectivity index (χ0n) is 13.0. The molecule has 128 valence electrons. The van der Waals surface area contributed by atoms with Gasteiger partial charge in [-0.1, -0.05) is 0 Å². The van der Waals surface area contributed by atoms with E-state index in [0.29, 0.717) is 11.6 Å². The van der Waals surface area contributed by atoms with Gasteiger partial charge in [-0.2, -0.15) is 0 Å². The number of hydrogen-bond acceptors (Lipinski definition) is 3. The van der Waals surface area contributed by atoms with Crippen LogP contribution in [0.2, 0.25) is 0 Å². The third-order valence-electron chi connectivity index (χ3n) is 4.23. The van der Waals surface area contributed by atoms with E-state index in [0.717, 1.165) is 18.9 Å². The Morgan fingerprint density at radius 2 is 1.83 bits per heavy atom. The molecular formula is C17H16F3NO2S. The first kappa shape index (κ1) is 17.0. The first-order chi connectivity index (χ1) is 11.3. The topological polar surface area (TPSA) is 47.0 Å². The van der Waals surface area contributed by atoms with E-state index in [4.69, 9.17) is 0 Å². The van der Waals surface area contributed by atoms with Crippen LogP contribution in [0.4, 0.5) is 13.2 Å². The summed E-state index contributed by atoms with van der Waals surface area (Å²) in [7, 11) is -3.94. The first-order valence-electron chi connectivity index (χ1n) is 7.56. The summed E-state index contributed by atoms with van der Waals surface area (Å²) in [6.07, 6.45) is 4.27. The fourth-order valence-corrected chi connectivity index (χ4v) is 5.16. The smallest absolute Gasteiger partial charge is 0.166 e. The van der Waals surface area contributed by atoms with Crippen LogP contribution in [0.25, 0.3) is 0 Å². The molecule has 1 fully saturated rings. The van der Waals surface area contributed by atoms with Crippen LogP contribution in [-0.4, -0.2) is 19.2 Å². The maximum atomic E-state index is 14.3. The number of aryl methyl sites for hydroxylation is 1. The number of pyridine rings is 1. The Labute approximate surface area is 138 Å². The summed E-state index contributed by atoms with van der Waals surface area (Å²) in [5.41, 5.74) is -0.0780. The predicted octanol–water partition coefficient (Wildman–Crippen LogP) is 3.72. The molecule has 2 aromatic rings. The predicted molar refractivity (Wildman–Crippen MR) is 83.6 cm³/mol. The standard InChI is InChI=1S/C17H16F3NO2S/c1-10-6-7-21-8-12(10)17(24(22,23)9-11-2-3-11)15-13(18)4-5-14(19)16(15)20/h4-8,11,17H,2-3,9H2,1H3. The molecule has 3 rings (SSSR count). The normalized spacial score (nSPS) is 16.2. The lowest BCUT2D eigenvalue weighted by Gasteiger charge is -2.21. The summed E-state index contributed by atoms with van der Waals surface area (Å²) in [5.74, 6) is -4.01. The van der Waals surface area contributed by atoms with E-state index in [2.05, 4.69) is 4.98 Å². The quantitative estimate of drug-likeness (QED) is 0.768. The fraction of sp³-hybridized carbons (Fsp3) is 0.353. The molecule has 1 saturated carbocycles. The molecule has 0 spiro atoms. The number of sulfone groups is 1. The molecule has 1 aliphatic rings. The number of halogens is 3. The number of nitrogens with zero attached hydrogens (tertiary/aromatic N) is 1. The van der Waals surface area contributed by atoms with Crippen molar-refractivity contribution in [3.63, 3.8) is 0 Å². The van der Waals surface area contributed by atoms with Gasteiger partial charge in [0.1, 0.15) is 11.1 Å². The Morgan fingerprint density at radius 3 is 2.46 bits per heavy atom. The first-order valence-corrected chi connectivity index (χ1v) is 9.28. The van der Waals surface area contributed by atoms with Gasteiger partial charge in [0.05, 0.1) is 5.75 Å². The highest BCUT2D eigenvalue weighted by Crippen LogP contribution is 2.40. The Kier molecular flexibility index (Phi) is 4.38. The third-order valence-corrected chi connectivity index (χ3v) is 6.37. The summed E-state index contributed by atoms with van der Waals surface area (Å²) >= 11 is 0. The second-order valence-electron chi connectivity index (χ2n) is 6.14. The molecule has 0 saturated heterocycles. The monoisotopic (exact) mass is 355 g/mol. The minimum absolute atomic E-state index is 0.00541. The number of hydrogen-bond donors (Lipinski definition) is 0. The maximum Gasteiger partial charge on any atom is 0.166 e. The lowest BCUT2D eigenvalue weighted by molar-refractivity contribution is 0.478. The van der Waals surface area contributed by atoms with E-state index in [9.17, 15) is 21.6 Å². The summed E-state index contributed by atoms with van der Waals surface area (Å²) in [4.78, 5) is 3.88. The molecule has 0 radical (unpaired) electrons. The molecule has 1 atom stereocenters. The van der Waals surface area contributed by atoms with Crippen molar-refractivity contribution >= 4 is 9.84 Å². The average Bonchev–Trinajstić information content (AvgIpc) is 3.32. The Morgan fingerprint density at radius 1 is 1.17 bits per heavy atom. The molecule has 1 heterocycles. The highest BCUT2D eigenvalue weighted by molar-refractivity contribution is 7.91. The summed E-state index contributed by atoms with van der Waals surface area (Å²) in [5, 5.41) is -1.61. The van der Waals surface area contributed by atoms with Crippen molar-refractivity contribution in [1.82, 2.24) is 4.98 Å². The molecule has 1 aliphatic carbocycles. The van der Waals surface area contributed by atoms with Gasteiger partial charge < -0.3 is 0 Å². The highest BCUT2D eigenvalue weighted by atomic mass is 32.2. The molecule has 3 nitrogen and oxygen atoms in total. The van der Waals surface area contributed by atoms with Crippen LogP contribution in [0.3, 0.4) is 0 Å². The van der Waals surface area contributed by atoms with Gasteiger partial charge in [0.2, 0.25) is 0 Å². The average molecular weight is 355 g/mol. The van der Waals surface area contributed by atoms with Crippen molar-refractivity contribution in [3.8, 4) is 0 Å². The van der Waals surface area contributed by atoms with Crippen LogP contribution < -0.4 is 0 Å². The fourth-order valence-electron chi connectivity index (χ4n) is 2.77. The Hall–Kier alpha value is -1.89. The van der Waals surface area contributed by atoms with Crippen LogP contribution in [0.5, 0.6) is 0 Å². The molecular weight excluding hydrogens is 339 g/mol. The van der Waals surface area contributed by atoms with Gasteiger partial charge in [-0.15, -0.1) is 0 Å². The zero-order valence-corrected chi connectivity index (χ0v) is 13.8. The van der Waals surface area contributed by atoms with E-state index >= 15 is 0 Å². The lowest BCUT2D eigenvalue weighted by atomic mass is 10.0. The minimum atomic E-state index is -3.94. The molecule has 0 amide bonds. The van der Waals surface area contributed by atoms with Crippen LogP contribution in [0, 0.1) is 30.3 Å². The molecule has 0 aliphatic heterocycles. The second-order valence-corrected chi connectivity index (χ2v) is 8.27. The van der Waals surface area contributed by atoms with Crippen LogP contribution in [0.1, 0.15) is 34.8 Å².